The third kappa shape index (κ3) is 2.84. The van der Waals surface area contributed by atoms with Crippen molar-refractivity contribution >= 4 is 34.2 Å². The van der Waals surface area contributed by atoms with Crippen molar-refractivity contribution in [1.29, 1.82) is 0 Å². The molecule has 0 saturated carbocycles. The summed E-state index contributed by atoms with van der Waals surface area (Å²) in [6.07, 6.45) is -0.263. The van der Waals surface area contributed by atoms with Gasteiger partial charge in [-0.2, -0.15) is 0 Å². The molecule has 15 heavy (non-hydrogen) atoms. The lowest BCUT2D eigenvalue weighted by Crippen LogP contribution is -2.41. The number of halogens is 2. The minimum absolute atomic E-state index is 0.263. The topological polar surface area (TPSA) is 18.5 Å². The fraction of sp³-hybridized carbons (Fsp3) is 0.455. The normalized spacial score (nSPS) is 31.5. The average Bonchev–Trinajstić information content (AvgIpc) is 2.31. The second kappa shape index (κ2) is 4.99. The summed E-state index contributed by atoms with van der Waals surface area (Å²) >= 11 is 8.51. The largest absolute Gasteiger partial charge is 0.346 e. The Bertz CT molecular complexity index is 310. The maximum atomic E-state index is 6.25. The number of hydrogen-bond acceptors (Lipinski definition) is 2. The van der Waals surface area contributed by atoms with Crippen molar-refractivity contribution in [2.75, 3.05) is 17.6 Å². The van der Waals surface area contributed by atoms with Crippen LogP contribution in [0.4, 0.5) is 0 Å². The van der Waals surface area contributed by atoms with Gasteiger partial charge in [0.2, 0.25) is 0 Å². The van der Waals surface area contributed by atoms with Crippen molar-refractivity contribution in [3.8, 4) is 0 Å². The van der Waals surface area contributed by atoms with Crippen LogP contribution >= 0.6 is 34.2 Å². The molecule has 1 aromatic rings. The molecule has 1 aromatic carbocycles. The van der Waals surface area contributed by atoms with Crippen LogP contribution in [0.2, 0.25) is 0 Å². The molecule has 2 rings (SSSR count). The Balaban J connectivity index is 2.00. The molecule has 0 unspecified atom stereocenters. The van der Waals surface area contributed by atoms with Crippen molar-refractivity contribution in [3.63, 3.8) is 0 Å². The lowest BCUT2D eigenvalue weighted by molar-refractivity contribution is -0.194. The van der Waals surface area contributed by atoms with Gasteiger partial charge in [-0.05, 0) is 0 Å². The molecule has 0 spiro atoms. The van der Waals surface area contributed by atoms with Crippen molar-refractivity contribution < 1.29 is 9.47 Å². The first-order valence-corrected chi connectivity index (χ1v) is 6.67. The van der Waals surface area contributed by atoms with Crippen LogP contribution in [0.5, 0.6) is 0 Å². The number of rotatable bonds is 2. The molecule has 0 N–H and O–H groups in total. The summed E-state index contributed by atoms with van der Waals surface area (Å²) < 4.78 is 12.1. The van der Waals surface area contributed by atoms with Gasteiger partial charge in [-0.3, -0.25) is 0 Å². The van der Waals surface area contributed by atoms with Crippen LogP contribution in [0.3, 0.4) is 0 Å². The van der Waals surface area contributed by atoms with Crippen molar-refractivity contribution in [2.24, 2.45) is 0 Å². The first-order chi connectivity index (χ1) is 7.23. The van der Waals surface area contributed by atoms with E-state index in [9.17, 15) is 0 Å². The zero-order chi connectivity index (χ0) is 10.7. The van der Waals surface area contributed by atoms with E-state index in [1.807, 2.05) is 30.3 Å². The molecule has 1 aliphatic rings. The van der Waals surface area contributed by atoms with E-state index in [-0.39, 0.29) is 11.2 Å². The highest BCUT2D eigenvalue weighted by Crippen LogP contribution is 2.31. The first kappa shape index (κ1) is 11.6. The quantitative estimate of drug-likeness (QED) is 0.609. The standard InChI is InChI=1S/C11H12ClIO2/c12-11(6-13)7-14-10(15-8-11)9-4-2-1-3-5-9/h1-5,10H,6-8H2. The SMILES string of the molecule is ClC1(CI)COC(c2ccccc2)OC1. The third-order valence-electron chi connectivity index (χ3n) is 2.30. The van der Waals surface area contributed by atoms with Crippen LogP contribution in [-0.2, 0) is 9.47 Å². The predicted molar refractivity (Wildman–Crippen MR) is 68.6 cm³/mol. The minimum atomic E-state index is -0.355. The molecule has 1 saturated heterocycles. The van der Waals surface area contributed by atoms with Crippen molar-refractivity contribution in [3.05, 3.63) is 35.9 Å². The van der Waals surface area contributed by atoms with Crippen LogP contribution < -0.4 is 0 Å². The zero-order valence-electron chi connectivity index (χ0n) is 8.16. The molecule has 1 fully saturated rings. The average molecular weight is 339 g/mol. The van der Waals surface area contributed by atoms with Gasteiger partial charge >= 0.3 is 0 Å². The molecule has 0 aliphatic carbocycles. The number of benzene rings is 1. The highest BCUT2D eigenvalue weighted by atomic mass is 127. The molecular weight excluding hydrogens is 326 g/mol. The van der Waals surface area contributed by atoms with E-state index in [1.165, 1.54) is 0 Å². The zero-order valence-corrected chi connectivity index (χ0v) is 11.1. The minimum Gasteiger partial charge on any atom is -0.346 e. The van der Waals surface area contributed by atoms with Gasteiger partial charge in [-0.1, -0.05) is 52.9 Å². The highest BCUT2D eigenvalue weighted by Gasteiger charge is 2.34. The van der Waals surface area contributed by atoms with Crippen molar-refractivity contribution in [2.45, 2.75) is 11.2 Å². The molecule has 4 heteroatoms. The van der Waals surface area contributed by atoms with Crippen LogP contribution in [0.15, 0.2) is 30.3 Å². The molecule has 0 aromatic heterocycles. The molecule has 1 heterocycles. The Morgan fingerprint density at radius 3 is 2.40 bits per heavy atom. The number of alkyl halides is 2. The number of ether oxygens (including phenoxy) is 2. The molecule has 2 nitrogen and oxygen atoms in total. The van der Waals surface area contributed by atoms with Crippen LogP contribution in [0, 0.1) is 0 Å². The van der Waals surface area contributed by atoms with E-state index in [0.717, 1.165) is 9.99 Å². The van der Waals surface area contributed by atoms with Gasteiger partial charge in [0.05, 0.1) is 13.2 Å². The smallest absolute Gasteiger partial charge is 0.183 e. The maximum absolute atomic E-state index is 6.25. The number of hydrogen-bond donors (Lipinski definition) is 0. The van der Waals surface area contributed by atoms with Gasteiger partial charge in [0, 0.05) is 9.99 Å². The van der Waals surface area contributed by atoms with Gasteiger partial charge in [0.25, 0.3) is 0 Å². The second-order valence-electron chi connectivity index (χ2n) is 3.65. The fourth-order valence-electron chi connectivity index (χ4n) is 1.42. The molecule has 0 atom stereocenters. The van der Waals surface area contributed by atoms with Crippen LogP contribution in [-0.4, -0.2) is 22.5 Å². The van der Waals surface area contributed by atoms with E-state index < -0.39 is 0 Å². The monoisotopic (exact) mass is 338 g/mol. The Morgan fingerprint density at radius 1 is 1.27 bits per heavy atom. The fourth-order valence-corrected chi connectivity index (χ4v) is 1.99. The summed E-state index contributed by atoms with van der Waals surface area (Å²) in [6.45, 7) is 1.08. The van der Waals surface area contributed by atoms with E-state index in [0.29, 0.717) is 13.2 Å². The Hall–Kier alpha value is 0.160. The van der Waals surface area contributed by atoms with Crippen LogP contribution in [0.25, 0.3) is 0 Å². The van der Waals surface area contributed by atoms with Gasteiger partial charge in [0.1, 0.15) is 4.87 Å². The Kier molecular flexibility index (Phi) is 3.88. The molecule has 0 bridgehead atoms. The van der Waals surface area contributed by atoms with E-state index in [4.69, 9.17) is 21.1 Å². The summed E-state index contributed by atoms with van der Waals surface area (Å²) in [4.78, 5) is -0.355. The predicted octanol–water partition coefficient (Wildman–Crippen LogP) is 3.14. The summed E-state index contributed by atoms with van der Waals surface area (Å²) in [5.74, 6) is 0. The maximum Gasteiger partial charge on any atom is 0.183 e. The molecule has 1 aliphatic heterocycles. The Labute approximate surface area is 108 Å². The van der Waals surface area contributed by atoms with Gasteiger partial charge in [-0.25, -0.2) is 0 Å². The highest BCUT2D eigenvalue weighted by molar-refractivity contribution is 14.1. The van der Waals surface area contributed by atoms with Crippen LogP contribution in [0.1, 0.15) is 11.9 Å². The van der Waals surface area contributed by atoms with Gasteiger partial charge in [0.15, 0.2) is 6.29 Å². The Morgan fingerprint density at radius 2 is 1.87 bits per heavy atom. The lowest BCUT2D eigenvalue weighted by atomic mass is 10.1. The van der Waals surface area contributed by atoms with E-state index in [2.05, 4.69) is 22.6 Å². The first-order valence-electron chi connectivity index (χ1n) is 4.77. The van der Waals surface area contributed by atoms with E-state index >= 15 is 0 Å². The lowest BCUT2D eigenvalue weighted by Gasteiger charge is -2.34. The van der Waals surface area contributed by atoms with Gasteiger partial charge in [-0.15, -0.1) is 11.6 Å². The molecule has 0 amide bonds. The third-order valence-corrected chi connectivity index (χ3v) is 4.56. The second-order valence-corrected chi connectivity index (χ2v) is 5.21. The van der Waals surface area contributed by atoms with Gasteiger partial charge < -0.3 is 9.47 Å². The molecule has 0 radical (unpaired) electrons. The summed E-state index contributed by atoms with van der Waals surface area (Å²) in [5.41, 5.74) is 1.05. The summed E-state index contributed by atoms with van der Waals surface area (Å²) in [7, 11) is 0. The van der Waals surface area contributed by atoms with E-state index in [1.54, 1.807) is 0 Å². The summed E-state index contributed by atoms with van der Waals surface area (Å²) in [6, 6.07) is 9.92. The summed E-state index contributed by atoms with van der Waals surface area (Å²) in [5, 5.41) is 0. The molecular formula is C11H12ClIO2. The molecule has 82 valence electrons. The van der Waals surface area contributed by atoms with Crippen molar-refractivity contribution in [1.82, 2.24) is 0 Å².